The number of methoxy groups -OCH3 is 1. The van der Waals surface area contributed by atoms with E-state index >= 15 is 0 Å². The van der Waals surface area contributed by atoms with Crippen molar-refractivity contribution in [3.8, 4) is 5.75 Å². The lowest BCUT2D eigenvalue weighted by atomic mass is 9.48. The van der Waals surface area contributed by atoms with Gasteiger partial charge in [0.1, 0.15) is 12.0 Å². The molecule has 1 aliphatic heterocycles. The van der Waals surface area contributed by atoms with Crippen LogP contribution in [0, 0.1) is 30.1 Å². The van der Waals surface area contributed by atoms with Gasteiger partial charge in [-0.1, -0.05) is 62.9 Å². The summed E-state index contributed by atoms with van der Waals surface area (Å²) in [4.78, 5) is 16.9. The quantitative estimate of drug-likeness (QED) is 0.172. The number of anilines is 2. The Morgan fingerprint density at radius 3 is 2.19 bits per heavy atom. The minimum Gasteiger partial charge on any atom is -0.496 e. The topological polar surface area (TPSA) is 29.5 Å². The van der Waals surface area contributed by atoms with Gasteiger partial charge in [0.05, 0.1) is 7.11 Å². The van der Waals surface area contributed by atoms with E-state index in [1.54, 1.807) is 17.8 Å². The maximum absolute atomic E-state index is 11.8. The van der Waals surface area contributed by atoms with Crippen molar-refractivity contribution in [2.45, 2.75) is 121 Å². The molecule has 3 aromatic rings. The summed E-state index contributed by atoms with van der Waals surface area (Å²) < 4.78 is 6.15. The molecule has 1 heterocycles. The van der Waals surface area contributed by atoms with Gasteiger partial charge in [0.25, 0.3) is 0 Å². The van der Waals surface area contributed by atoms with E-state index in [1.165, 1.54) is 87.5 Å². The van der Waals surface area contributed by atoms with Crippen molar-refractivity contribution >= 4 is 35.5 Å². The lowest BCUT2D eigenvalue weighted by Crippen LogP contribution is -2.49. The maximum Gasteiger partial charge on any atom is 0.143 e. The molecule has 6 aliphatic rings. The number of carbonyl (C=O) groups is 1. The van der Waals surface area contributed by atoms with Crippen molar-refractivity contribution in [1.29, 1.82) is 0 Å². The normalized spacial score (nSPS) is 29.5. The molecule has 1 unspecified atom stereocenters. The Labute approximate surface area is 317 Å². The summed E-state index contributed by atoms with van der Waals surface area (Å²) in [7, 11) is 1.87. The van der Waals surface area contributed by atoms with Crippen LogP contribution < -0.4 is 9.64 Å². The van der Waals surface area contributed by atoms with Crippen molar-refractivity contribution in [3.63, 3.8) is 0 Å². The lowest BCUT2D eigenvalue weighted by Gasteiger charge is -2.57. The Kier molecular flexibility index (Phi) is 9.16. The number of hydrogen-bond donors (Lipinski definition) is 0. The number of fused-ring (bicyclic) bond motifs is 1. The number of ether oxygens (including phenoxy) is 1. The fourth-order valence-electron chi connectivity index (χ4n) is 11.7. The van der Waals surface area contributed by atoms with E-state index in [0.29, 0.717) is 5.92 Å². The van der Waals surface area contributed by atoms with E-state index in [4.69, 9.17) is 4.74 Å². The highest BCUT2D eigenvalue weighted by Crippen LogP contribution is 2.62. The standard InChI is InChI=1S/C48H57NO2S/c1-31-19-43-41(23-36(31)13-14-37-29-46(3,4)30-38(17-18-50)45(37)52-40-11-9-8-10-12-40)32(2)25-47(5,6)49(43)39-15-16-44(51-7)42(24-39)48-26-33-20-34(27-48)22-35(21-33)28-48/h8-19,23-24,32-35H,20-22,25-30H2,1-7H3/b14-13+,38-17+. The lowest BCUT2D eigenvalue weighted by molar-refractivity contribution is -0.104. The van der Waals surface area contributed by atoms with Gasteiger partial charge in [0.15, 0.2) is 0 Å². The van der Waals surface area contributed by atoms with Crippen LogP contribution in [-0.4, -0.2) is 18.9 Å². The smallest absolute Gasteiger partial charge is 0.143 e. The zero-order valence-electron chi connectivity index (χ0n) is 32.4. The average Bonchev–Trinajstić information content (AvgIpc) is 3.08. The van der Waals surface area contributed by atoms with Gasteiger partial charge in [0, 0.05) is 32.3 Å². The minimum absolute atomic E-state index is 0.0348. The van der Waals surface area contributed by atoms with Gasteiger partial charge in [-0.05, 0) is 189 Å². The molecule has 4 heteroatoms. The zero-order chi connectivity index (χ0) is 36.4. The van der Waals surface area contributed by atoms with Crippen LogP contribution in [0.4, 0.5) is 11.4 Å². The highest BCUT2D eigenvalue weighted by Gasteiger charge is 2.53. The van der Waals surface area contributed by atoms with E-state index in [1.807, 2.05) is 7.11 Å². The van der Waals surface area contributed by atoms with Crippen LogP contribution in [0.3, 0.4) is 0 Å². The van der Waals surface area contributed by atoms with E-state index in [0.717, 1.165) is 54.6 Å². The minimum atomic E-state index is -0.0348. The molecule has 0 saturated heterocycles. The molecular weight excluding hydrogens is 655 g/mol. The second-order valence-electron chi connectivity index (χ2n) is 18.6. The van der Waals surface area contributed by atoms with Crippen LogP contribution in [0.2, 0.25) is 0 Å². The molecule has 0 spiro atoms. The van der Waals surface area contributed by atoms with Gasteiger partial charge in [-0.25, -0.2) is 0 Å². The molecule has 4 bridgehead atoms. The Morgan fingerprint density at radius 2 is 1.54 bits per heavy atom. The number of carbonyl (C=O) groups excluding carboxylic acids is 1. The van der Waals surface area contributed by atoms with Crippen LogP contribution in [0.5, 0.6) is 5.75 Å². The Balaban J connectivity index is 1.18. The third kappa shape index (κ3) is 6.52. The number of thioether (sulfide) groups is 1. The number of nitrogens with zero attached hydrogens (tertiary/aromatic N) is 1. The molecule has 4 saturated carbocycles. The van der Waals surface area contributed by atoms with Gasteiger partial charge in [0.2, 0.25) is 0 Å². The number of hydrogen-bond acceptors (Lipinski definition) is 4. The van der Waals surface area contributed by atoms with Gasteiger partial charge >= 0.3 is 0 Å². The average molecular weight is 712 g/mol. The molecule has 1 atom stereocenters. The Bertz CT molecular complexity index is 1930. The first-order valence-corrected chi connectivity index (χ1v) is 20.6. The number of rotatable bonds is 8. The van der Waals surface area contributed by atoms with E-state index < -0.39 is 0 Å². The number of aldehydes is 1. The van der Waals surface area contributed by atoms with E-state index in [2.05, 4.69) is 119 Å². The van der Waals surface area contributed by atoms with Crippen LogP contribution in [-0.2, 0) is 10.2 Å². The largest absolute Gasteiger partial charge is 0.496 e. The highest BCUT2D eigenvalue weighted by atomic mass is 32.2. The highest BCUT2D eigenvalue weighted by molar-refractivity contribution is 8.03. The van der Waals surface area contributed by atoms with Crippen molar-refractivity contribution < 1.29 is 9.53 Å². The Hall–Kier alpha value is -3.50. The van der Waals surface area contributed by atoms with Gasteiger partial charge < -0.3 is 9.64 Å². The van der Waals surface area contributed by atoms with Gasteiger partial charge in [-0.2, -0.15) is 0 Å². The first-order valence-electron chi connectivity index (χ1n) is 19.8. The summed E-state index contributed by atoms with van der Waals surface area (Å²) in [6.45, 7) is 14.2. The zero-order valence-corrected chi connectivity index (χ0v) is 33.2. The molecule has 3 nitrogen and oxygen atoms in total. The number of benzene rings is 3. The summed E-state index contributed by atoms with van der Waals surface area (Å²) in [5, 5.41) is 0. The third-order valence-corrected chi connectivity index (χ3v) is 14.5. The molecule has 0 amide bonds. The molecule has 52 heavy (non-hydrogen) atoms. The summed E-state index contributed by atoms with van der Waals surface area (Å²) >= 11 is 1.79. The monoisotopic (exact) mass is 711 g/mol. The predicted octanol–water partition coefficient (Wildman–Crippen LogP) is 12.9. The molecule has 0 aromatic heterocycles. The fourth-order valence-corrected chi connectivity index (χ4v) is 12.8. The second-order valence-corrected chi connectivity index (χ2v) is 19.6. The molecule has 5 aliphatic carbocycles. The molecule has 3 aromatic carbocycles. The molecule has 272 valence electrons. The first kappa shape index (κ1) is 35.5. The third-order valence-electron chi connectivity index (χ3n) is 13.3. The van der Waals surface area contributed by atoms with Crippen molar-refractivity contribution in [3.05, 3.63) is 111 Å². The molecule has 9 rings (SSSR count). The maximum atomic E-state index is 11.8. The van der Waals surface area contributed by atoms with Gasteiger partial charge in [-0.3, -0.25) is 4.79 Å². The predicted molar refractivity (Wildman–Crippen MR) is 219 cm³/mol. The van der Waals surface area contributed by atoms with Crippen molar-refractivity contribution in [2.75, 3.05) is 12.0 Å². The molecule has 4 fully saturated rings. The van der Waals surface area contributed by atoms with Crippen LogP contribution in [0.15, 0.2) is 93.8 Å². The SMILES string of the molecule is COc1ccc(N2c3cc(C)c(/C=C/C4=C(Sc5ccccc5)C(=C/C=O)/CC(C)(C)C4)cc3C(C)CC2(C)C)cc1C12CC3CC(CC(C3)C1)C2. The Morgan fingerprint density at radius 1 is 0.846 bits per heavy atom. The number of aryl methyl sites for hydroxylation is 1. The summed E-state index contributed by atoms with van der Waals surface area (Å²) in [5.41, 5.74) is 10.9. The molecular formula is C48H57NO2S. The summed E-state index contributed by atoms with van der Waals surface area (Å²) in [6.07, 6.45) is 18.7. The van der Waals surface area contributed by atoms with Crippen molar-refractivity contribution in [1.82, 2.24) is 0 Å². The van der Waals surface area contributed by atoms with E-state index in [9.17, 15) is 4.79 Å². The van der Waals surface area contributed by atoms with Crippen LogP contribution in [0.25, 0.3) is 6.08 Å². The van der Waals surface area contributed by atoms with Gasteiger partial charge in [-0.15, -0.1) is 0 Å². The van der Waals surface area contributed by atoms with E-state index in [-0.39, 0.29) is 16.4 Å². The fraction of sp³-hybridized carbons (Fsp3) is 0.479. The number of allylic oxidation sites excluding steroid dienone is 4. The first-order chi connectivity index (χ1) is 24.9. The van der Waals surface area contributed by atoms with Crippen LogP contribution in [0.1, 0.15) is 121 Å². The molecule has 0 radical (unpaired) electrons. The van der Waals surface area contributed by atoms with Crippen LogP contribution >= 0.6 is 11.8 Å². The summed E-state index contributed by atoms with van der Waals surface area (Å²) in [5.74, 6) is 4.18. The van der Waals surface area contributed by atoms with Crippen molar-refractivity contribution in [2.24, 2.45) is 23.2 Å². The summed E-state index contributed by atoms with van der Waals surface area (Å²) in [6, 6.07) is 22.6. The molecule has 0 N–H and O–H groups in total. The second kappa shape index (κ2) is 13.4.